The van der Waals surface area contributed by atoms with Crippen LogP contribution < -0.4 is 9.92 Å². The van der Waals surface area contributed by atoms with Crippen molar-refractivity contribution in [1.82, 2.24) is 14.5 Å². The third-order valence-electron chi connectivity index (χ3n) is 3.99. The highest BCUT2D eigenvalue weighted by atomic mass is 32.2. The van der Waals surface area contributed by atoms with Gasteiger partial charge in [-0.1, -0.05) is 38.1 Å². The molecule has 0 spiro atoms. The van der Waals surface area contributed by atoms with Gasteiger partial charge in [-0.2, -0.15) is 8.42 Å². The number of benzene rings is 1. The van der Waals surface area contributed by atoms with Crippen LogP contribution in [0, 0.1) is 0 Å². The molecule has 0 unspecified atom stereocenters. The maximum Gasteiger partial charge on any atom is 0.357 e. The fraction of sp³-hybridized carbons (Fsp3) is 0.263. The van der Waals surface area contributed by atoms with Gasteiger partial charge in [0, 0.05) is 6.20 Å². The third kappa shape index (κ3) is 4.17. The maximum absolute atomic E-state index is 13.1. The van der Waals surface area contributed by atoms with E-state index in [1.807, 2.05) is 26.0 Å². The Bertz CT molecular complexity index is 1000. The lowest BCUT2D eigenvalue weighted by molar-refractivity contribution is 0.470. The van der Waals surface area contributed by atoms with E-state index in [1.54, 1.807) is 47.2 Å². The van der Waals surface area contributed by atoms with Crippen molar-refractivity contribution >= 4 is 10.1 Å². The van der Waals surface area contributed by atoms with E-state index in [0.29, 0.717) is 17.2 Å². The zero-order valence-corrected chi connectivity index (χ0v) is 16.1. The molecule has 8 heteroatoms. The highest BCUT2D eigenvalue weighted by Gasteiger charge is 2.31. The smallest absolute Gasteiger partial charge is 0.357 e. The number of aromatic nitrogens is 3. The zero-order valence-electron chi connectivity index (χ0n) is 15.2. The first-order chi connectivity index (χ1) is 12.9. The molecule has 3 rings (SSSR count). The number of imidazole rings is 1. The molecule has 7 nitrogen and oxygen atoms in total. The van der Waals surface area contributed by atoms with Crippen molar-refractivity contribution in [3.05, 3.63) is 71.9 Å². The normalized spacial score (nSPS) is 11.7. The number of hydrogen-bond donors (Lipinski definition) is 1. The standard InChI is InChI=1S/C19H22N4O3S/c1-14(2)18-19(27(24,25)26-16-9-4-3-5-10-16)23(17(12-20)22-18)13-15-8-6-7-11-21-15/h3-11,14H,12-13,20H2,1-2H3. The van der Waals surface area contributed by atoms with Gasteiger partial charge in [0.25, 0.3) is 0 Å². The summed E-state index contributed by atoms with van der Waals surface area (Å²) in [6.07, 6.45) is 1.66. The number of rotatable bonds is 7. The Morgan fingerprint density at radius 2 is 1.81 bits per heavy atom. The van der Waals surface area contributed by atoms with Crippen molar-refractivity contribution < 1.29 is 12.6 Å². The van der Waals surface area contributed by atoms with Gasteiger partial charge in [-0.3, -0.25) is 4.98 Å². The minimum atomic E-state index is -4.11. The number of pyridine rings is 1. The molecule has 2 aromatic heterocycles. The van der Waals surface area contributed by atoms with Gasteiger partial charge in [0.05, 0.1) is 24.5 Å². The lowest BCUT2D eigenvalue weighted by atomic mass is 10.1. The fourth-order valence-electron chi connectivity index (χ4n) is 2.76. The molecule has 0 saturated heterocycles. The van der Waals surface area contributed by atoms with E-state index in [2.05, 4.69) is 9.97 Å². The summed E-state index contributed by atoms with van der Waals surface area (Å²) in [7, 11) is -4.11. The van der Waals surface area contributed by atoms with Crippen LogP contribution in [-0.2, 0) is 23.2 Å². The van der Waals surface area contributed by atoms with Crippen LogP contribution in [0.15, 0.2) is 59.8 Å². The number of nitrogens with zero attached hydrogens (tertiary/aromatic N) is 3. The van der Waals surface area contributed by atoms with Gasteiger partial charge in [-0.05, 0) is 30.2 Å². The molecule has 0 bridgehead atoms. The van der Waals surface area contributed by atoms with Crippen LogP contribution in [0.1, 0.15) is 37.0 Å². The van der Waals surface area contributed by atoms with E-state index in [1.165, 1.54) is 0 Å². The number of nitrogens with two attached hydrogens (primary N) is 1. The van der Waals surface area contributed by atoms with Crippen molar-refractivity contribution in [1.29, 1.82) is 0 Å². The van der Waals surface area contributed by atoms with E-state index in [4.69, 9.17) is 9.92 Å². The summed E-state index contributed by atoms with van der Waals surface area (Å²) in [4.78, 5) is 8.77. The first-order valence-corrected chi connectivity index (χ1v) is 10.0. The first kappa shape index (κ1) is 19.1. The Kier molecular flexibility index (Phi) is 5.57. The predicted octanol–water partition coefficient (Wildman–Crippen LogP) is 2.68. The topological polar surface area (TPSA) is 100 Å². The summed E-state index contributed by atoms with van der Waals surface area (Å²) in [5.74, 6) is 0.594. The fourth-order valence-corrected chi connectivity index (χ4v) is 4.18. The van der Waals surface area contributed by atoms with E-state index in [0.717, 1.165) is 0 Å². The maximum atomic E-state index is 13.1. The van der Waals surface area contributed by atoms with Gasteiger partial charge in [0.15, 0.2) is 5.03 Å². The minimum absolute atomic E-state index is 0.0208. The lowest BCUT2D eigenvalue weighted by Crippen LogP contribution is -2.20. The second-order valence-electron chi connectivity index (χ2n) is 6.33. The number of para-hydroxylation sites is 1. The SMILES string of the molecule is CC(C)c1nc(CN)n(Cc2ccccn2)c1S(=O)(=O)Oc1ccccc1. The summed E-state index contributed by atoms with van der Waals surface area (Å²) in [6.45, 7) is 4.11. The molecule has 0 atom stereocenters. The van der Waals surface area contributed by atoms with Crippen molar-refractivity contribution in [2.45, 2.75) is 37.9 Å². The van der Waals surface area contributed by atoms with Crippen LogP contribution in [0.25, 0.3) is 0 Å². The van der Waals surface area contributed by atoms with Gasteiger partial charge >= 0.3 is 10.1 Å². The minimum Gasteiger partial charge on any atom is -0.378 e. The van der Waals surface area contributed by atoms with Gasteiger partial charge in [0.2, 0.25) is 0 Å². The number of hydrogen-bond acceptors (Lipinski definition) is 6. The molecule has 3 aromatic rings. The average Bonchev–Trinajstić information content (AvgIpc) is 3.02. The molecule has 1 aromatic carbocycles. The largest absolute Gasteiger partial charge is 0.378 e. The molecule has 0 radical (unpaired) electrons. The van der Waals surface area contributed by atoms with Gasteiger partial charge in [-0.15, -0.1) is 0 Å². The Morgan fingerprint density at radius 1 is 1.11 bits per heavy atom. The molecule has 0 amide bonds. The second kappa shape index (κ2) is 7.89. The summed E-state index contributed by atoms with van der Waals surface area (Å²) < 4.78 is 33.2. The molecule has 27 heavy (non-hydrogen) atoms. The van der Waals surface area contributed by atoms with Gasteiger partial charge < -0.3 is 14.5 Å². The van der Waals surface area contributed by atoms with E-state index >= 15 is 0 Å². The third-order valence-corrected chi connectivity index (χ3v) is 5.30. The molecule has 142 valence electrons. The Morgan fingerprint density at radius 3 is 2.41 bits per heavy atom. The lowest BCUT2D eigenvalue weighted by Gasteiger charge is -2.14. The Labute approximate surface area is 159 Å². The highest BCUT2D eigenvalue weighted by Crippen LogP contribution is 2.28. The summed E-state index contributed by atoms with van der Waals surface area (Å²) in [6, 6.07) is 13.9. The molecule has 2 heterocycles. The Balaban J connectivity index is 2.12. The van der Waals surface area contributed by atoms with E-state index < -0.39 is 10.1 Å². The second-order valence-corrected chi connectivity index (χ2v) is 7.80. The van der Waals surface area contributed by atoms with Crippen molar-refractivity contribution in [3.63, 3.8) is 0 Å². The Hall–Kier alpha value is -2.71. The average molecular weight is 386 g/mol. The summed E-state index contributed by atoms with van der Waals surface area (Å²) >= 11 is 0. The van der Waals surface area contributed by atoms with Crippen LogP contribution in [-0.4, -0.2) is 23.0 Å². The predicted molar refractivity (Wildman–Crippen MR) is 102 cm³/mol. The molecule has 0 saturated carbocycles. The van der Waals surface area contributed by atoms with Crippen molar-refractivity contribution in [3.8, 4) is 5.75 Å². The molecule has 0 aliphatic rings. The molecular weight excluding hydrogens is 364 g/mol. The quantitative estimate of drug-likeness (QED) is 0.627. The van der Waals surface area contributed by atoms with Crippen molar-refractivity contribution in [2.75, 3.05) is 0 Å². The molecule has 2 N–H and O–H groups in total. The molecule has 0 aliphatic carbocycles. The van der Waals surface area contributed by atoms with Crippen LogP contribution in [0.4, 0.5) is 0 Å². The molecular formula is C19H22N4O3S. The molecule has 0 aliphatic heterocycles. The van der Waals surface area contributed by atoms with Crippen molar-refractivity contribution in [2.24, 2.45) is 5.73 Å². The molecule has 0 fully saturated rings. The van der Waals surface area contributed by atoms with Gasteiger partial charge in [-0.25, -0.2) is 4.98 Å². The zero-order chi connectivity index (χ0) is 19.4. The monoisotopic (exact) mass is 386 g/mol. The van der Waals surface area contributed by atoms with Crippen LogP contribution in [0.5, 0.6) is 5.75 Å². The first-order valence-electron chi connectivity index (χ1n) is 8.61. The summed E-state index contributed by atoms with van der Waals surface area (Å²) in [5.41, 5.74) is 6.98. The van der Waals surface area contributed by atoms with Crippen LogP contribution in [0.3, 0.4) is 0 Å². The van der Waals surface area contributed by atoms with Gasteiger partial charge in [0.1, 0.15) is 11.6 Å². The van der Waals surface area contributed by atoms with E-state index in [9.17, 15) is 8.42 Å². The van der Waals surface area contributed by atoms with Crippen LogP contribution in [0.2, 0.25) is 0 Å². The van der Waals surface area contributed by atoms with Crippen LogP contribution >= 0.6 is 0 Å². The highest BCUT2D eigenvalue weighted by molar-refractivity contribution is 7.87. The van der Waals surface area contributed by atoms with E-state index in [-0.39, 0.29) is 29.8 Å². The summed E-state index contributed by atoms with van der Waals surface area (Å²) in [5, 5.41) is 0.0208.